The van der Waals surface area contributed by atoms with Crippen molar-refractivity contribution in [3.05, 3.63) is 47.5 Å². The molecule has 0 radical (unpaired) electrons. The summed E-state index contributed by atoms with van der Waals surface area (Å²) in [6, 6.07) is 11.9. The Kier molecular flexibility index (Phi) is 3.61. The van der Waals surface area contributed by atoms with E-state index < -0.39 is 0 Å². The summed E-state index contributed by atoms with van der Waals surface area (Å²) in [6.07, 6.45) is 1.50. The molecule has 0 saturated carbocycles. The Morgan fingerprint density at radius 1 is 1.32 bits per heavy atom. The number of hydrogen-bond acceptors (Lipinski definition) is 4. The summed E-state index contributed by atoms with van der Waals surface area (Å²) in [7, 11) is 1.89. The fourth-order valence-corrected chi connectivity index (χ4v) is 1.84. The number of benzene rings is 1. The molecule has 0 aliphatic carbocycles. The van der Waals surface area contributed by atoms with Crippen LogP contribution in [0.3, 0.4) is 0 Å². The largest absolute Gasteiger partial charge is 0.313 e. The van der Waals surface area contributed by atoms with Crippen LogP contribution in [0.4, 0.5) is 0 Å². The zero-order chi connectivity index (χ0) is 13.8. The van der Waals surface area contributed by atoms with Gasteiger partial charge in [-0.2, -0.15) is 10.5 Å². The van der Waals surface area contributed by atoms with Crippen LogP contribution in [0.5, 0.6) is 0 Å². The molecular weight excluding hydrogens is 238 g/mol. The van der Waals surface area contributed by atoms with Gasteiger partial charge in [0.15, 0.2) is 11.4 Å². The van der Waals surface area contributed by atoms with Crippen molar-refractivity contribution in [1.82, 2.24) is 14.9 Å². The number of nitrogens with zero attached hydrogens (tertiary/aromatic N) is 4. The second-order valence-electron chi connectivity index (χ2n) is 4.14. The average Bonchev–Trinajstić information content (AvgIpc) is 2.89. The third-order valence-electron chi connectivity index (χ3n) is 3.06. The molecule has 0 fully saturated rings. The summed E-state index contributed by atoms with van der Waals surface area (Å²) in [6.45, 7) is 2.05. The highest BCUT2D eigenvalue weighted by Crippen LogP contribution is 2.19. The van der Waals surface area contributed by atoms with Gasteiger partial charge in [0.05, 0.1) is 0 Å². The second kappa shape index (κ2) is 5.34. The summed E-state index contributed by atoms with van der Waals surface area (Å²) in [5, 5.41) is 21.2. The minimum Gasteiger partial charge on any atom is -0.313 e. The predicted octanol–water partition coefficient (Wildman–Crippen LogP) is 1.90. The smallest absolute Gasteiger partial charge is 0.177 e. The van der Waals surface area contributed by atoms with Crippen LogP contribution < -0.4 is 5.32 Å². The molecule has 5 nitrogen and oxygen atoms in total. The lowest BCUT2D eigenvalue weighted by Crippen LogP contribution is -2.12. The van der Waals surface area contributed by atoms with E-state index in [2.05, 4.69) is 17.2 Å². The first-order chi connectivity index (χ1) is 9.21. The molecule has 2 aromatic rings. The normalized spacial score (nSPS) is 11.6. The predicted molar refractivity (Wildman–Crippen MR) is 70.5 cm³/mol. The van der Waals surface area contributed by atoms with Crippen LogP contribution in [0.15, 0.2) is 30.6 Å². The molecule has 1 aromatic carbocycles. The molecule has 0 aliphatic rings. The van der Waals surface area contributed by atoms with Gasteiger partial charge in [0, 0.05) is 11.7 Å². The minimum atomic E-state index is 0.148. The van der Waals surface area contributed by atoms with Gasteiger partial charge in [0.2, 0.25) is 0 Å². The molecule has 1 atom stereocenters. The first kappa shape index (κ1) is 12.8. The topological polar surface area (TPSA) is 77.4 Å². The molecule has 5 heteroatoms. The fraction of sp³-hybridized carbons (Fsp3) is 0.214. The number of nitriles is 2. The lowest BCUT2D eigenvalue weighted by Gasteiger charge is -2.12. The monoisotopic (exact) mass is 251 g/mol. The summed E-state index contributed by atoms with van der Waals surface area (Å²) in [5.74, 6) is 0. The van der Waals surface area contributed by atoms with Crippen LogP contribution >= 0.6 is 0 Å². The first-order valence-electron chi connectivity index (χ1n) is 5.86. The van der Waals surface area contributed by atoms with Gasteiger partial charge in [-0.05, 0) is 31.7 Å². The molecule has 19 heavy (non-hydrogen) atoms. The van der Waals surface area contributed by atoms with Crippen molar-refractivity contribution in [2.45, 2.75) is 13.0 Å². The Morgan fingerprint density at radius 3 is 2.74 bits per heavy atom. The SMILES string of the molecule is CNC(C)c1cccc(-n2cnc(C#N)c2C#N)c1. The number of rotatable bonds is 3. The van der Waals surface area contributed by atoms with E-state index in [9.17, 15) is 0 Å². The van der Waals surface area contributed by atoms with Crippen LogP contribution in [0.1, 0.15) is 29.9 Å². The summed E-state index contributed by atoms with van der Waals surface area (Å²) in [4.78, 5) is 3.94. The number of aromatic nitrogens is 2. The maximum absolute atomic E-state index is 9.13. The quantitative estimate of drug-likeness (QED) is 0.903. The Hall–Kier alpha value is -2.63. The summed E-state index contributed by atoms with van der Waals surface area (Å²) in [5.41, 5.74) is 2.34. The van der Waals surface area contributed by atoms with E-state index in [1.807, 2.05) is 43.5 Å². The number of hydrogen-bond donors (Lipinski definition) is 1. The van der Waals surface area contributed by atoms with Gasteiger partial charge in [0.1, 0.15) is 18.5 Å². The fourth-order valence-electron chi connectivity index (χ4n) is 1.84. The van der Waals surface area contributed by atoms with Crippen molar-refractivity contribution in [3.8, 4) is 17.8 Å². The van der Waals surface area contributed by atoms with Gasteiger partial charge < -0.3 is 5.32 Å². The highest BCUT2D eigenvalue weighted by atomic mass is 15.1. The van der Waals surface area contributed by atoms with Crippen molar-refractivity contribution in [2.24, 2.45) is 0 Å². The Bertz CT molecular complexity index is 672. The van der Waals surface area contributed by atoms with E-state index in [-0.39, 0.29) is 17.4 Å². The van der Waals surface area contributed by atoms with Crippen molar-refractivity contribution >= 4 is 0 Å². The van der Waals surface area contributed by atoms with Gasteiger partial charge in [0.25, 0.3) is 0 Å². The minimum absolute atomic E-state index is 0.148. The Balaban J connectivity index is 2.52. The molecule has 0 aliphatic heterocycles. The van der Waals surface area contributed by atoms with E-state index in [1.54, 1.807) is 4.57 Å². The first-order valence-corrected chi connectivity index (χ1v) is 5.86. The standard InChI is InChI=1S/C14H13N5/c1-10(17-2)11-4-3-5-12(6-11)19-9-18-13(7-15)14(19)8-16/h3-6,9-10,17H,1-2H3. The van der Waals surface area contributed by atoms with Crippen molar-refractivity contribution in [2.75, 3.05) is 7.05 Å². The van der Waals surface area contributed by atoms with Crippen LogP contribution in [0.25, 0.3) is 5.69 Å². The van der Waals surface area contributed by atoms with E-state index in [4.69, 9.17) is 10.5 Å². The number of imidazole rings is 1. The molecule has 1 heterocycles. The maximum Gasteiger partial charge on any atom is 0.177 e. The third-order valence-corrected chi connectivity index (χ3v) is 3.06. The highest BCUT2D eigenvalue weighted by molar-refractivity contribution is 5.45. The van der Waals surface area contributed by atoms with Gasteiger partial charge in [-0.25, -0.2) is 4.98 Å². The van der Waals surface area contributed by atoms with Gasteiger partial charge in [-0.1, -0.05) is 12.1 Å². The molecule has 0 bridgehead atoms. The number of nitrogens with one attached hydrogen (secondary N) is 1. The molecule has 1 N–H and O–H groups in total. The molecule has 94 valence electrons. The van der Waals surface area contributed by atoms with Gasteiger partial charge in [-0.3, -0.25) is 4.57 Å². The Morgan fingerprint density at radius 2 is 2.11 bits per heavy atom. The third kappa shape index (κ3) is 2.33. The molecule has 1 aromatic heterocycles. The zero-order valence-electron chi connectivity index (χ0n) is 10.8. The van der Waals surface area contributed by atoms with Crippen molar-refractivity contribution < 1.29 is 0 Å². The highest BCUT2D eigenvalue weighted by Gasteiger charge is 2.12. The van der Waals surface area contributed by atoms with E-state index in [0.29, 0.717) is 0 Å². The second-order valence-corrected chi connectivity index (χ2v) is 4.14. The van der Waals surface area contributed by atoms with Crippen LogP contribution in [-0.4, -0.2) is 16.6 Å². The molecule has 0 saturated heterocycles. The van der Waals surface area contributed by atoms with Crippen molar-refractivity contribution in [3.63, 3.8) is 0 Å². The van der Waals surface area contributed by atoms with E-state index in [0.717, 1.165) is 11.3 Å². The van der Waals surface area contributed by atoms with Crippen LogP contribution in [0.2, 0.25) is 0 Å². The zero-order valence-corrected chi connectivity index (χ0v) is 10.8. The molecule has 0 spiro atoms. The maximum atomic E-state index is 9.13. The summed E-state index contributed by atoms with van der Waals surface area (Å²) >= 11 is 0. The van der Waals surface area contributed by atoms with Crippen LogP contribution in [-0.2, 0) is 0 Å². The van der Waals surface area contributed by atoms with Crippen LogP contribution in [0, 0.1) is 22.7 Å². The lowest BCUT2D eigenvalue weighted by atomic mass is 10.1. The molecular formula is C14H13N5. The van der Waals surface area contributed by atoms with Gasteiger partial charge in [-0.15, -0.1) is 0 Å². The van der Waals surface area contributed by atoms with E-state index in [1.165, 1.54) is 6.33 Å². The van der Waals surface area contributed by atoms with E-state index >= 15 is 0 Å². The molecule has 1 unspecified atom stereocenters. The summed E-state index contributed by atoms with van der Waals surface area (Å²) < 4.78 is 1.63. The Labute approximate surface area is 111 Å². The lowest BCUT2D eigenvalue weighted by molar-refractivity contribution is 0.652. The average molecular weight is 251 g/mol. The van der Waals surface area contributed by atoms with Crippen molar-refractivity contribution in [1.29, 1.82) is 10.5 Å². The molecule has 0 amide bonds. The molecule has 2 rings (SSSR count). The van der Waals surface area contributed by atoms with Gasteiger partial charge >= 0.3 is 0 Å².